The van der Waals surface area contributed by atoms with Gasteiger partial charge in [0.2, 0.25) is 0 Å². The molecule has 0 N–H and O–H groups in total. The second kappa shape index (κ2) is 6.77. The van der Waals surface area contributed by atoms with Gasteiger partial charge in [0, 0.05) is 12.4 Å². The molecule has 0 bridgehead atoms. The first kappa shape index (κ1) is 11.4. The molecule has 15 heavy (non-hydrogen) atoms. The Balaban J connectivity index is 0.000000162. The van der Waals surface area contributed by atoms with Crippen molar-refractivity contribution in [2.45, 2.75) is 19.8 Å². The van der Waals surface area contributed by atoms with E-state index in [-0.39, 0.29) is 0 Å². The maximum Gasteiger partial charge on any atom is 0.0270 e. The second-order valence-corrected chi connectivity index (χ2v) is 3.59. The molecular formula is C14H17N. The first-order chi connectivity index (χ1) is 7.30. The highest BCUT2D eigenvalue weighted by Gasteiger charge is 1.93. The summed E-state index contributed by atoms with van der Waals surface area (Å²) in [4.78, 5) is 3.93. The van der Waals surface area contributed by atoms with Gasteiger partial charge >= 0.3 is 0 Å². The van der Waals surface area contributed by atoms with E-state index in [9.17, 15) is 0 Å². The van der Waals surface area contributed by atoms with Crippen molar-refractivity contribution >= 4 is 0 Å². The summed E-state index contributed by atoms with van der Waals surface area (Å²) < 4.78 is 0. The number of benzene rings is 1. The SMILES string of the molecule is CC(C)c1ccncc1.c1ccccc1. The maximum absolute atomic E-state index is 3.93. The summed E-state index contributed by atoms with van der Waals surface area (Å²) in [6, 6.07) is 16.1. The van der Waals surface area contributed by atoms with Crippen molar-refractivity contribution in [3.8, 4) is 0 Å². The Kier molecular flexibility index (Phi) is 5.16. The lowest BCUT2D eigenvalue weighted by Crippen LogP contribution is -1.85. The van der Waals surface area contributed by atoms with Crippen molar-refractivity contribution < 1.29 is 0 Å². The lowest BCUT2D eigenvalue weighted by atomic mass is 10.1. The molecular weight excluding hydrogens is 182 g/mol. The van der Waals surface area contributed by atoms with E-state index < -0.39 is 0 Å². The van der Waals surface area contributed by atoms with Gasteiger partial charge in [-0.05, 0) is 23.6 Å². The van der Waals surface area contributed by atoms with E-state index in [4.69, 9.17) is 0 Å². The van der Waals surface area contributed by atoms with Crippen LogP contribution in [-0.2, 0) is 0 Å². The van der Waals surface area contributed by atoms with Gasteiger partial charge in [-0.25, -0.2) is 0 Å². The summed E-state index contributed by atoms with van der Waals surface area (Å²) >= 11 is 0. The van der Waals surface area contributed by atoms with Crippen molar-refractivity contribution in [3.63, 3.8) is 0 Å². The van der Waals surface area contributed by atoms with E-state index in [1.54, 1.807) is 0 Å². The van der Waals surface area contributed by atoms with E-state index in [2.05, 4.69) is 18.8 Å². The van der Waals surface area contributed by atoms with Crippen LogP contribution in [0, 0.1) is 0 Å². The number of rotatable bonds is 1. The highest BCUT2D eigenvalue weighted by atomic mass is 14.6. The van der Waals surface area contributed by atoms with Gasteiger partial charge in [0.05, 0.1) is 0 Å². The van der Waals surface area contributed by atoms with Crippen LogP contribution in [-0.4, -0.2) is 4.98 Å². The van der Waals surface area contributed by atoms with E-state index in [1.165, 1.54) is 5.56 Å². The molecule has 0 amide bonds. The predicted octanol–water partition coefficient (Wildman–Crippen LogP) is 3.89. The Morgan fingerprint density at radius 3 is 1.47 bits per heavy atom. The molecule has 0 spiro atoms. The third-order valence-corrected chi connectivity index (χ3v) is 2.04. The Morgan fingerprint density at radius 2 is 1.20 bits per heavy atom. The second-order valence-electron chi connectivity index (χ2n) is 3.59. The molecule has 0 aliphatic heterocycles. The van der Waals surface area contributed by atoms with Crippen LogP contribution < -0.4 is 0 Å². The van der Waals surface area contributed by atoms with Crippen molar-refractivity contribution in [2.75, 3.05) is 0 Å². The van der Waals surface area contributed by atoms with Crippen LogP contribution in [0.1, 0.15) is 25.3 Å². The number of nitrogens with zero attached hydrogens (tertiary/aromatic N) is 1. The molecule has 0 fully saturated rings. The van der Waals surface area contributed by atoms with Gasteiger partial charge in [-0.2, -0.15) is 0 Å². The smallest absolute Gasteiger partial charge is 0.0270 e. The Hall–Kier alpha value is -1.63. The zero-order chi connectivity index (χ0) is 10.9. The molecule has 0 radical (unpaired) electrons. The minimum Gasteiger partial charge on any atom is -0.265 e. The fraction of sp³-hybridized carbons (Fsp3) is 0.214. The Labute approximate surface area is 91.8 Å². The number of hydrogen-bond acceptors (Lipinski definition) is 1. The quantitative estimate of drug-likeness (QED) is 0.679. The Bertz CT molecular complexity index is 314. The fourth-order valence-electron chi connectivity index (χ4n) is 1.13. The van der Waals surface area contributed by atoms with E-state index in [0.717, 1.165) is 0 Å². The third-order valence-electron chi connectivity index (χ3n) is 2.04. The van der Waals surface area contributed by atoms with Gasteiger partial charge in [0.25, 0.3) is 0 Å². The predicted molar refractivity (Wildman–Crippen MR) is 64.8 cm³/mol. The summed E-state index contributed by atoms with van der Waals surface area (Å²) in [6.45, 7) is 4.35. The molecule has 2 rings (SSSR count). The third kappa shape index (κ3) is 4.96. The van der Waals surface area contributed by atoms with Crippen LogP contribution in [0.5, 0.6) is 0 Å². The van der Waals surface area contributed by atoms with Crippen LogP contribution in [0.2, 0.25) is 0 Å². The lowest BCUT2D eigenvalue weighted by molar-refractivity contribution is 0.863. The molecule has 0 saturated heterocycles. The molecule has 1 heteroatoms. The molecule has 0 unspecified atom stereocenters. The summed E-state index contributed by atoms with van der Waals surface area (Å²) in [6.07, 6.45) is 3.66. The summed E-state index contributed by atoms with van der Waals surface area (Å²) in [7, 11) is 0. The average molecular weight is 199 g/mol. The minimum atomic E-state index is 0.619. The molecule has 2 aromatic rings. The molecule has 1 aromatic heterocycles. The van der Waals surface area contributed by atoms with Crippen molar-refractivity contribution in [3.05, 3.63) is 66.5 Å². The van der Waals surface area contributed by atoms with Gasteiger partial charge in [-0.3, -0.25) is 4.98 Å². The largest absolute Gasteiger partial charge is 0.265 e. The zero-order valence-electron chi connectivity index (χ0n) is 9.30. The van der Waals surface area contributed by atoms with Crippen LogP contribution in [0.15, 0.2) is 60.9 Å². The minimum absolute atomic E-state index is 0.619. The standard InChI is InChI=1S/C8H11N.C6H6/c1-7(2)8-3-5-9-6-4-8;1-2-4-6-5-3-1/h3-7H,1-2H3;1-6H. The number of aromatic nitrogens is 1. The van der Waals surface area contributed by atoms with E-state index >= 15 is 0 Å². The van der Waals surface area contributed by atoms with Gasteiger partial charge in [-0.15, -0.1) is 0 Å². The summed E-state index contributed by atoms with van der Waals surface area (Å²) in [5.41, 5.74) is 1.35. The summed E-state index contributed by atoms with van der Waals surface area (Å²) in [5.74, 6) is 0.619. The molecule has 0 aliphatic rings. The highest BCUT2D eigenvalue weighted by molar-refractivity contribution is 5.13. The molecule has 0 aliphatic carbocycles. The summed E-state index contributed by atoms with van der Waals surface area (Å²) in [5, 5.41) is 0. The zero-order valence-corrected chi connectivity index (χ0v) is 9.30. The highest BCUT2D eigenvalue weighted by Crippen LogP contribution is 2.10. The first-order valence-corrected chi connectivity index (χ1v) is 5.20. The molecule has 78 valence electrons. The van der Waals surface area contributed by atoms with Crippen LogP contribution in [0.4, 0.5) is 0 Å². The van der Waals surface area contributed by atoms with E-state index in [0.29, 0.717) is 5.92 Å². The van der Waals surface area contributed by atoms with Gasteiger partial charge in [-0.1, -0.05) is 50.2 Å². The number of hydrogen-bond donors (Lipinski definition) is 0. The van der Waals surface area contributed by atoms with Gasteiger partial charge in [0.1, 0.15) is 0 Å². The maximum atomic E-state index is 3.93. The van der Waals surface area contributed by atoms with Gasteiger partial charge in [0.15, 0.2) is 0 Å². The molecule has 0 saturated carbocycles. The van der Waals surface area contributed by atoms with Crippen molar-refractivity contribution in [1.29, 1.82) is 0 Å². The average Bonchev–Trinajstić information content (AvgIpc) is 2.33. The van der Waals surface area contributed by atoms with Crippen molar-refractivity contribution in [1.82, 2.24) is 4.98 Å². The van der Waals surface area contributed by atoms with Crippen LogP contribution >= 0.6 is 0 Å². The van der Waals surface area contributed by atoms with Crippen LogP contribution in [0.3, 0.4) is 0 Å². The van der Waals surface area contributed by atoms with Gasteiger partial charge < -0.3 is 0 Å². The molecule has 0 atom stereocenters. The van der Waals surface area contributed by atoms with Crippen molar-refractivity contribution in [2.24, 2.45) is 0 Å². The molecule has 1 aromatic carbocycles. The fourth-order valence-corrected chi connectivity index (χ4v) is 1.13. The number of pyridine rings is 1. The van der Waals surface area contributed by atoms with E-state index in [1.807, 2.05) is 60.9 Å². The normalized spacial score (nSPS) is 9.27. The molecule has 1 heterocycles. The van der Waals surface area contributed by atoms with Crippen LogP contribution in [0.25, 0.3) is 0 Å². The molecule has 1 nitrogen and oxygen atoms in total. The monoisotopic (exact) mass is 199 g/mol. The first-order valence-electron chi connectivity index (χ1n) is 5.20. The topological polar surface area (TPSA) is 12.9 Å². The Morgan fingerprint density at radius 1 is 0.800 bits per heavy atom. The lowest BCUT2D eigenvalue weighted by Gasteiger charge is -2.01.